The van der Waals surface area contributed by atoms with Crippen molar-refractivity contribution in [3.8, 4) is 0 Å². The summed E-state index contributed by atoms with van der Waals surface area (Å²) in [5, 5.41) is 13.8. The molecule has 1 N–H and O–H groups in total. The third-order valence-corrected chi connectivity index (χ3v) is 3.25. The first kappa shape index (κ1) is 15.7. The highest BCUT2D eigenvalue weighted by atomic mass is 19.1. The normalized spacial score (nSPS) is 10.4. The Morgan fingerprint density at radius 1 is 1.36 bits per heavy atom. The van der Waals surface area contributed by atoms with Gasteiger partial charge in [0.1, 0.15) is 17.8 Å². The molecule has 2 aromatic rings. The van der Waals surface area contributed by atoms with Gasteiger partial charge >= 0.3 is 0 Å². The summed E-state index contributed by atoms with van der Waals surface area (Å²) in [6, 6.07) is 6.59. The van der Waals surface area contributed by atoms with Crippen LogP contribution < -0.4 is 10.2 Å². The van der Waals surface area contributed by atoms with Crippen LogP contribution in [0.1, 0.15) is 11.1 Å². The van der Waals surface area contributed by atoms with E-state index in [0.717, 1.165) is 5.56 Å². The van der Waals surface area contributed by atoms with Crippen molar-refractivity contribution in [3.63, 3.8) is 0 Å². The molecule has 0 saturated heterocycles. The molecule has 1 heterocycles. The molecule has 0 aliphatic rings. The van der Waals surface area contributed by atoms with E-state index in [1.54, 1.807) is 38.1 Å². The first-order valence-electron chi connectivity index (χ1n) is 6.69. The fourth-order valence-electron chi connectivity index (χ4n) is 2.05. The molecule has 0 spiro atoms. The van der Waals surface area contributed by atoms with Crippen molar-refractivity contribution in [3.05, 3.63) is 57.5 Å². The predicted molar refractivity (Wildman–Crippen MR) is 83.7 cm³/mol. The molecule has 0 bridgehead atoms. The molecule has 116 valence electrons. The smallest absolute Gasteiger partial charge is 0.290 e. The van der Waals surface area contributed by atoms with Gasteiger partial charge in [-0.1, -0.05) is 6.07 Å². The number of benzene rings is 1. The van der Waals surface area contributed by atoms with Gasteiger partial charge in [-0.3, -0.25) is 10.1 Å². The van der Waals surface area contributed by atoms with Crippen LogP contribution in [-0.2, 0) is 6.54 Å². The summed E-state index contributed by atoms with van der Waals surface area (Å²) in [5.41, 5.74) is 1.79. The first-order chi connectivity index (χ1) is 10.4. The van der Waals surface area contributed by atoms with Crippen LogP contribution >= 0.6 is 0 Å². The number of aromatic nitrogens is 1. The van der Waals surface area contributed by atoms with Crippen LogP contribution in [-0.4, -0.2) is 24.0 Å². The van der Waals surface area contributed by atoms with Crippen molar-refractivity contribution < 1.29 is 9.31 Å². The van der Waals surface area contributed by atoms with Crippen molar-refractivity contribution in [1.29, 1.82) is 0 Å². The van der Waals surface area contributed by atoms with Gasteiger partial charge in [0.25, 0.3) is 5.69 Å². The Kier molecular flexibility index (Phi) is 4.55. The Morgan fingerprint density at radius 2 is 2.09 bits per heavy atom. The largest absolute Gasteiger partial charge is 0.375 e. The Morgan fingerprint density at radius 3 is 2.64 bits per heavy atom. The fourth-order valence-corrected chi connectivity index (χ4v) is 2.05. The van der Waals surface area contributed by atoms with Gasteiger partial charge in [-0.05, 0) is 30.7 Å². The lowest BCUT2D eigenvalue weighted by molar-refractivity contribution is -0.385. The Bertz CT molecular complexity index is 704. The Labute approximate surface area is 127 Å². The number of pyridine rings is 1. The van der Waals surface area contributed by atoms with Crippen LogP contribution in [0.4, 0.5) is 21.6 Å². The van der Waals surface area contributed by atoms with E-state index in [1.807, 2.05) is 6.07 Å². The zero-order chi connectivity index (χ0) is 16.3. The molecule has 0 amide bonds. The third kappa shape index (κ3) is 3.49. The number of nitrogens with zero attached hydrogens (tertiary/aromatic N) is 3. The van der Waals surface area contributed by atoms with Crippen molar-refractivity contribution in [2.75, 3.05) is 24.3 Å². The first-order valence-corrected chi connectivity index (χ1v) is 6.69. The lowest BCUT2D eigenvalue weighted by Crippen LogP contribution is -2.11. The number of aryl methyl sites for hydroxylation is 1. The maximum absolute atomic E-state index is 13.9. The Balaban J connectivity index is 2.09. The second-order valence-corrected chi connectivity index (χ2v) is 5.15. The van der Waals surface area contributed by atoms with Crippen molar-refractivity contribution in [2.24, 2.45) is 0 Å². The molecule has 1 aromatic carbocycles. The van der Waals surface area contributed by atoms with Gasteiger partial charge in [-0.2, -0.15) is 0 Å². The van der Waals surface area contributed by atoms with Gasteiger partial charge in [-0.25, -0.2) is 9.37 Å². The van der Waals surface area contributed by atoms with E-state index in [2.05, 4.69) is 10.3 Å². The van der Waals surface area contributed by atoms with E-state index in [1.165, 1.54) is 12.3 Å². The molecule has 1 aromatic heterocycles. The monoisotopic (exact) mass is 304 g/mol. The summed E-state index contributed by atoms with van der Waals surface area (Å²) >= 11 is 0. The van der Waals surface area contributed by atoms with Crippen LogP contribution in [0.2, 0.25) is 0 Å². The van der Waals surface area contributed by atoms with Gasteiger partial charge in [0.2, 0.25) is 0 Å². The van der Waals surface area contributed by atoms with Gasteiger partial charge in [0, 0.05) is 26.2 Å². The molecule has 7 heteroatoms. The molecule has 2 rings (SSSR count). The summed E-state index contributed by atoms with van der Waals surface area (Å²) < 4.78 is 13.9. The minimum atomic E-state index is -0.471. The van der Waals surface area contributed by atoms with E-state index in [0.29, 0.717) is 23.6 Å². The van der Waals surface area contributed by atoms with Crippen molar-refractivity contribution in [1.82, 2.24) is 4.98 Å². The lowest BCUT2D eigenvalue weighted by Gasteiger charge is -2.14. The van der Waals surface area contributed by atoms with E-state index in [9.17, 15) is 14.5 Å². The fraction of sp³-hybridized carbons (Fsp3) is 0.267. The van der Waals surface area contributed by atoms with Gasteiger partial charge in [0.05, 0.1) is 10.6 Å². The highest BCUT2D eigenvalue weighted by Gasteiger charge is 2.11. The minimum Gasteiger partial charge on any atom is -0.375 e. The highest BCUT2D eigenvalue weighted by molar-refractivity contribution is 5.49. The van der Waals surface area contributed by atoms with Crippen molar-refractivity contribution in [2.45, 2.75) is 13.5 Å². The number of hydrogen-bond acceptors (Lipinski definition) is 5. The van der Waals surface area contributed by atoms with Crippen LogP contribution in [0, 0.1) is 22.9 Å². The number of nitrogens with one attached hydrogen (secondary N) is 1. The highest BCUT2D eigenvalue weighted by Crippen LogP contribution is 2.21. The summed E-state index contributed by atoms with van der Waals surface area (Å²) in [5.74, 6) is 0.220. The van der Waals surface area contributed by atoms with E-state index in [-0.39, 0.29) is 11.5 Å². The molecule has 6 nitrogen and oxygen atoms in total. The Hall–Kier alpha value is -2.70. The SMILES string of the molecule is Cc1cc(NCc2ccc(N(C)C)c(F)c2)ncc1[N+](=O)[O-]. The van der Waals surface area contributed by atoms with Crippen LogP contribution in [0.5, 0.6) is 0 Å². The second-order valence-electron chi connectivity index (χ2n) is 5.15. The number of nitro groups is 1. The zero-order valence-corrected chi connectivity index (χ0v) is 12.6. The van der Waals surface area contributed by atoms with Crippen LogP contribution in [0.25, 0.3) is 0 Å². The summed E-state index contributed by atoms with van der Waals surface area (Å²) in [4.78, 5) is 16.0. The number of halogens is 1. The number of anilines is 2. The van der Waals surface area contributed by atoms with Gasteiger partial charge < -0.3 is 10.2 Å². The number of hydrogen-bond donors (Lipinski definition) is 1. The molecule has 0 aliphatic heterocycles. The third-order valence-electron chi connectivity index (χ3n) is 3.25. The quantitative estimate of drug-likeness (QED) is 0.679. The van der Waals surface area contributed by atoms with Gasteiger partial charge in [0.15, 0.2) is 0 Å². The molecule has 0 unspecified atom stereocenters. The molecule has 0 aliphatic carbocycles. The maximum atomic E-state index is 13.9. The minimum absolute atomic E-state index is 0.0214. The van der Waals surface area contributed by atoms with Crippen LogP contribution in [0.3, 0.4) is 0 Å². The maximum Gasteiger partial charge on any atom is 0.290 e. The molecule has 0 saturated carbocycles. The summed E-state index contributed by atoms with van der Waals surface area (Å²) in [6.45, 7) is 2.03. The second kappa shape index (κ2) is 6.38. The van der Waals surface area contributed by atoms with E-state index in [4.69, 9.17) is 0 Å². The van der Waals surface area contributed by atoms with Gasteiger partial charge in [-0.15, -0.1) is 0 Å². The standard InChI is InChI=1S/C15H17FN4O2/c1-10-6-15(18-9-14(10)20(21)22)17-8-11-4-5-13(19(2)3)12(16)7-11/h4-7,9H,8H2,1-3H3,(H,17,18). The van der Waals surface area contributed by atoms with E-state index < -0.39 is 4.92 Å². The van der Waals surface area contributed by atoms with Crippen molar-refractivity contribution >= 4 is 17.2 Å². The molecular weight excluding hydrogens is 287 g/mol. The average Bonchev–Trinajstić information content (AvgIpc) is 2.44. The lowest BCUT2D eigenvalue weighted by atomic mass is 10.2. The zero-order valence-electron chi connectivity index (χ0n) is 12.6. The van der Waals surface area contributed by atoms with E-state index >= 15 is 0 Å². The summed E-state index contributed by atoms with van der Waals surface area (Å²) in [7, 11) is 3.56. The number of rotatable bonds is 5. The molecule has 0 radical (unpaired) electrons. The van der Waals surface area contributed by atoms with Crippen LogP contribution in [0.15, 0.2) is 30.5 Å². The predicted octanol–water partition coefficient (Wildman–Crippen LogP) is 3.12. The average molecular weight is 304 g/mol. The topological polar surface area (TPSA) is 71.3 Å². The molecule has 0 fully saturated rings. The summed E-state index contributed by atoms with van der Waals surface area (Å²) in [6.07, 6.45) is 1.22. The molecule has 22 heavy (non-hydrogen) atoms. The molecular formula is C15H17FN4O2. The molecule has 0 atom stereocenters.